The lowest BCUT2D eigenvalue weighted by Gasteiger charge is -2.43. The first kappa shape index (κ1) is 13.9. The molecule has 0 aromatic heterocycles. The Morgan fingerprint density at radius 2 is 0.950 bits per heavy atom. The summed E-state index contributed by atoms with van der Waals surface area (Å²) < 4.78 is 0. The first-order valence-electron chi connectivity index (χ1n) is 8.39. The summed E-state index contributed by atoms with van der Waals surface area (Å²) in [5, 5.41) is 0. The molecule has 0 radical (unpaired) electrons. The molecule has 0 aromatic carbocycles. The van der Waals surface area contributed by atoms with Gasteiger partial charge in [-0.25, -0.2) is 0 Å². The maximum absolute atomic E-state index is 12.4. The van der Waals surface area contributed by atoms with E-state index in [1.165, 1.54) is 38.5 Å². The molecule has 2 aliphatic carbocycles. The van der Waals surface area contributed by atoms with E-state index >= 15 is 0 Å². The van der Waals surface area contributed by atoms with E-state index in [2.05, 4.69) is 0 Å². The predicted molar refractivity (Wildman–Crippen MR) is 77.2 cm³/mol. The summed E-state index contributed by atoms with van der Waals surface area (Å²) in [6.07, 6.45) is 11.7. The quantitative estimate of drug-likeness (QED) is 0.727. The zero-order valence-electron chi connectivity index (χ0n) is 12.4. The number of amides is 2. The molecule has 1 aliphatic heterocycles. The number of hydrogen-bond acceptors (Lipinski definition) is 2. The number of carbonyl (C=O) groups excluding carboxylic acids is 2. The number of rotatable bonds is 2. The molecule has 20 heavy (non-hydrogen) atoms. The Balaban J connectivity index is 1.63. The van der Waals surface area contributed by atoms with Crippen molar-refractivity contribution in [1.29, 1.82) is 0 Å². The smallest absolute Gasteiger partial charge is 0.312 e. The molecule has 1 saturated heterocycles. The van der Waals surface area contributed by atoms with Crippen LogP contribution in [0.4, 0.5) is 0 Å². The van der Waals surface area contributed by atoms with Gasteiger partial charge in [-0.15, -0.1) is 0 Å². The van der Waals surface area contributed by atoms with Crippen LogP contribution < -0.4 is 0 Å². The van der Waals surface area contributed by atoms with E-state index in [4.69, 9.17) is 0 Å². The maximum Gasteiger partial charge on any atom is 0.312 e. The Labute approximate surface area is 121 Å². The van der Waals surface area contributed by atoms with Crippen LogP contribution in [0.3, 0.4) is 0 Å². The maximum atomic E-state index is 12.4. The van der Waals surface area contributed by atoms with Gasteiger partial charge in [0.05, 0.1) is 0 Å². The highest BCUT2D eigenvalue weighted by molar-refractivity contribution is 6.35. The first-order chi connectivity index (χ1) is 9.77. The molecule has 2 amide bonds. The van der Waals surface area contributed by atoms with E-state index < -0.39 is 0 Å². The zero-order chi connectivity index (χ0) is 13.9. The third-order valence-electron chi connectivity index (χ3n) is 5.32. The van der Waals surface area contributed by atoms with Gasteiger partial charge in [-0.2, -0.15) is 0 Å². The molecule has 112 valence electrons. The number of piperazine rings is 1. The topological polar surface area (TPSA) is 40.6 Å². The Morgan fingerprint density at radius 3 is 1.30 bits per heavy atom. The van der Waals surface area contributed by atoms with Gasteiger partial charge < -0.3 is 9.80 Å². The van der Waals surface area contributed by atoms with E-state index in [1.807, 2.05) is 9.80 Å². The summed E-state index contributed by atoms with van der Waals surface area (Å²) >= 11 is 0. The third kappa shape index (κ3) is 2.70. The molecule has 0 N–H and O–H groups in total. The third-order valence-corrected chi connectivity index (χ3v) is 5.32. The molecule has 3 fully saturated rings. The molecule has 3 rings (SSSR count). The van der Waals surface area contributed by atoms with Gasteiger partial charge in [-0.3, -0.25) is 9.59 Å². The summed E-state index contributed by atoms with van der Waals surface area (Å²) in [4.78, 5) is 28.6. The largest absolute Gasteiger partial charge is 0.330 e. The molecular formula is C16H26N2O2. The van der Waals surface area contributed by atoms with E-state index in [0.717, 1.165) is 38.8 Å². The molecular weight excluding hydrogens is 252 g/mol. The molecule has 1 heterocycles. The molecule has 0 bridgehead atoms. The lowest BCUT2D eigenvalue weighted by molar-refractivity contribution is -0.160. The number of nitrogens with zero attached hydrogens (tertiary/aromatic N) is 2. The van der Waals surface area contributed by atoms with Gasteiger partial charge in [0.2, 0.25) is 0 Å². The van der Waals surface area contributed by atoms with Crippen molar-refractivity contribution in [1.82, 2.24) is 9.80 Å². The minimum Gasteiger partial charge on any atom is -0.330 e. The standard InChI is InChI=1S/C16H26N2O2/c19-15-16(20)18(14-9-5-2-6-10-14)12-11-17(15)13-7-3-1-4-8-13/h13-14H,1-12H2. The highest BCUT2D eigenvalue weighted by Gasteiger charge is 2.39. The average molecular weight is 278 g/mol. The van der Waals surface area contributed by atoms with Crippen LogP contribution >= 0.6 is 0 Å². The molecule has 0 spiro atoms. The highest BCUT2D eigenvalue weighted by atomic mass is 16.2. The second-order valence-corrected chi connectivity index (χ2v) is 6.58. The van der Waals surface area contributed by atoms with Crippen molar-refractivity contribution in [3.8, 4) is 0 Å². The zero-order valence-corrected chi connectivity index (χ0v) is 12.4. The molecule has 0 atom stereocenters. The van der Waals surface area contributed by atoms with Crippen molar-refractivity contribution < 1.29 is 9.59 Å². The van der Waals surface area contributed by atoms with Gasteiger partial charge >= 0.3 is 11.8 Å². The van der Waals surface area contributed by atoms with E-state index in [1.54, 1.807) is 0 Å². The van der Waals surface area contributed by atoms with Gasteiger partial charge in [0.15, 0.2) is 0 Å². The van der Waals surface area contributed by atoms with Crippen molar-refractivity contribution in [3.63, 3.8) is 0 Å². The van der Waals surface area contributed by atoms with Crippen LogP contribution in [0.25, 0.3) is 0 Å². The minimum absolute atomic E-state index is 0.228. The second-order valence-electron chi connectivity index (χ2n) is 6.58. The first-order valence-corrected chi connectivity index (χ1v) is 8.39. The summed E-state index contributed by atoms with van der Waals surface area (Å²) in [7, 11) is 0. The van der Waals surface area contributed by atoms with Gasteiger partial charge in [0, 0.05) is 25.2 Å². The van der Waals surface area contributed by atoms with Crippen LogP contribution in [-0.2, 0) is 9.59 Å². The van der Waals surface area contributed by atoms with E-state index in [0.29, 0.717) is 12.1 Å². The Hall–Kier alpha value is -1.06. The highest BCUT2D eigenvalue weighted by Crippen LogP contribution is 2.27. The monoisotopic (exact) mass is 278 g/mol. The molecule has 4 heteroatoms. The fourth-order valence-corrected chi connectivity index (χ4v) is 4.15. The van der Waals surface area contributed by atoms with Crippen LogP contribution in [0.15, 0.2) is 0 Å². The minimum atomic E-state index is -0.228. The summed E-state index contributed by atoms with van der Waals surface area (Å²) in [5.41, 5.74) is 0. The van der Waals surface area contributed by atoms with Gasteiger partial charge in [-0.05, 0) is 25.7 Å². The fraction of sp³-hybridized carbons (Fsp3) is 0.875. The van der Waals surface area contributed by atoms with Crippen LogP contribution in [0, 0.1) is 0 Å². The van der Waals surface area contributed by atoms with Gasteiger partial charge in [0.1, 0.15) is 0 Å². The normalized spacial score (nSPS) is 27.2. The van der Waals surface area contributed by atoms with Crippen molar-refractivity contribution in [3.05, 3.63) is 0 Å². The van der Waals surface area contributed by atoms with Crippen LogP contribution in [-0.4, -0.2) is 46.8 Å². The Kier molecular flexibility index (Phi) is 4.27. The van der Waals surface area contributed by atoms with Crippen LogP contribution in [0.2, 0.25) is 0 Å². The van der Waals surface area contributed by atoms with E-state index in [-0.39, 0.29) is 11.8 Å². The summed E-state index contributed by atoms with van der Waals surface area (Å²) in [6, 6.07) is 0.655. The lowest BCUT2D eigenvalue weighted by Crippen LogP contribution is -2.60. The second kappa shape index (κ2) is 6.15. The van der Waals surface area contributed by atoms with Crippen molar-refractivity contribution in [2.24, 2.45) is 0 Å². The van der Waals surface area contributed by atoms with Crippen molar-refractivity contribution >= 4 is 11.8 Å². The fourth-order valence-electron chi connectivity index (χ4n) is 4.15. The number of hydrogen-bond donors (Lipinski definition) is 0. The predicted octanol–water partition coefficient (Wildman–Crippen LogP) is 2.32. The van der Waals surface area contributed by atoms with Crippen LogP contribution in [0.5, 0.6) is 0 Å². The Bertz CT molecular complexity index is 335. The van der Waals surface area contributed by atoms with Crippen molar-refractivity contribution in [2.45, 2.75) is 76.3 Å². The number of carbonyl (C=O) groups is 2. The van der Waals surface area contributed by atoms with Crippen molar-refractivity contribution in [2.75, 3.05) is 13.1 Å². The molecule has 3 aliphatic rings. The lowest BCUT2D eigenvalue weighted by atomic mass is 9.92. The van der Waals surface area contributed by atoms with E-state index in [9.17, 15) is 9.59 Å². The van der Waals surface area contributed by atoms with Gasteiger partial charge in [-0.1, -0.05) is 38.5 Å². The molecule has 0 aromatic rings. The summed E-state index contributed by atoms with van der Waals surface area (Å²) in [6.45, 7) is 1.51. The molecule has 2 saturated carbocycles. The molecule has 4 nitrogen and oxygen atoms in total. The average Bonchev–Trinajstić information content (AvgIpc) is 2.52. The van der Waals surface area contributed by atoms with Gasteiger partial charge in [0.25, 0.3) is 0 Å². The SMILES string of the molecule is O=C1C(=O)N(C2CCCCC2)CCN1C1CCCCC1. The molecule has 0 unspecified atom stereocenters. The summed E-state index contributed by atoms with van der Waals surface area (Å²) in [5.74, 6) is -0.456. The van der Waals surface area contributed by atoms with Crippen LogP contribution in [0.1, 0.15) is 64.2 Å². The Morgan fingerprint density at radius 1 is 0.600 bits per heavy atom.